The van der Waals surface area contributed by atoms with Crippen molar-refractivity contribution in [2.24, 2.45) is 50.2 Å². The van der Waals surface area contributed by atoms with Crippen LogP contribution in [0, 0.1) is 50.2 Å². The Balaban J connectivity index is 1.49. The molecule has 0 amide bonds. The molecular formula is C34H52O6. The maximum Gasteiger partial charge on any atom is 0.313 e. The third-order valence-electron chi connectivity index (χ3n) is 14.6. The average molecular weight is 557 g/mol. The minimum Gasteiger partial charge on any atom is -0.462 e. The molecule has 0 aromatic heterocycles. The maximum atomic E-state index is 14.0. The Morgan fingerprint density at radius 1 is 0.750 bits per heavy atom. The zero-order valence-corrected chi connectivity index (χ0v) is 26.4. The number of esters is 3. The second-order valence-corrected chi connectivity index (χ2v) is 17.0. The van der Waals surface area contributed by atoms with Crippen LogP contribution in [-0.4, -0.2) is 35.7 Å². The molecule has 1 aliphatic heterocycles. The summed E-state index contributed by atoms with van der Waals surface area (Å²) in [6.45, 7) is 19.6. The van der Waals surface area contributed by atoms with Gasteiger partial charge < -0.3 is 14.2 Å². The van der Waals surface area contributed by atoms with Crippen molar-refractivity contribution in [2.75, 3.05) is 0 Å². The van der Waals surface area contributed by atoms with Gasteiger partial charge in [0.25, 0.3) is 0 Å². The van der Waals surface area contributed by atoms with Gasteiger partial charge in [0.1, 0.15) is 12.2 Å². The van der Waals surface area contributed by atoms with Gasteiger partial charge in [-0.05, 0) is 92.3 Å². The van der Waals surface area contributed by atoms with Crippen molar-refractivity contribution in [3.8, 4) is 0 Å². The van der Waals surface area contributed by atoms with E-state index in [1.807, 2.05) is 0 Å². The van der Waals surface area contributed by atoms with Crippen molar-refractivity contribution in [2.45, 2.75) is 144 Å². The highest BCUT2D eigenvalue weighted by atomic mass is 16.6. The molecule has 0 radical (unpaired) electrons. The van der Waals surface area contributed by atoms with Gasteiger partial charge in [-0.3, -0.25) is 14.4 Å². The summed E-state index contributed by atoms with van der Waals surface area (Å²) in [5.74, 6) is 0.246. The van der Waals surface area contributed by atoms with Gasteiger partial charge in [0.05, 0.1) is 5.41 Å². The zero-order chi connectivity index (χ0) is 29.3. The van der Waals surface area contributed by atoms with Crippen LogP contribution >= 0.6 is 0 Å². The Kier molecular flexibility index (Phi) is 5.90. The van der Waals surface area contributed by atoms with Crippen LogP contribution in [0.25, 0.3) is 0 Å². The Bertz CT molecular complexity index is 1140. The van der Waals surface area contributed by atoms with Crippen molar-refractivity contribution < 1.29 is 28.6 Å². The lowest BCUT2D eigenvalue weighted by Gasteiger charge is -2.74. The van der Waals surface area contributed by atoms with Crippen molar-refractivity contribution in [1.82, 2.24) is 0 Å². The fraction of sp³-hybridized carbons (Fsp3) is 0.912. The molecule has 0 N–H and O–H groups in total. The molecule has 6 nitrogen and oxygen atoms in total. The van der Waals surface area contributed by atoms with E-state index >= 15 is 0 Å². The van der Waals surface area contributed by atoms with Gasteiger partial charge in [-0.25, -0.2) is 0 Å². The van der Waals surface area contributed by atoms with Gasteiger partial charge in [-0.15, -0.1) is 0 Å². The van der Waals surface area contributed by atoms with E-state index in [2.05, 4.69) is 48.5 Å². The van der Waals surface area contributed by atoms with Gasteiger partial charge in [0, 0.05) is 30.6 Å². The molecule has 2 bridgehead atoms. The molecule has 0 unspecified atom stereocenters. The van der Waals surface area contributed by atoms with Gasteiger partial charge in [-0.2, -0.15) is 0 Å². The first-order valence-corrected chi connectivity index (χ1v) is 16.0. The van der Waals surface area contributed by atoms with Crippen LogP contribution in [0.3, 0.4) is 0 Å². The first kappa shape index (κ1) is 28.5. The highest BCUT2D eigenvalue weighted by Crippen LogP contribution is 2.81. The van der Waals surface area contributed by atoms with E-state index in [-0.39, 0.29) is 57.0 Å². The van der Waals surface area contributed by atoms with Crippen LogP contribution in [0.15, 0.2) is 0 Å². The third kappa shape index (κ3) is 3.26. The van der Waals surface area contributed by atoms with Crippen LogP contribution < -0.4 is 0 Å². The number of ether oxygens (including phenoxy) is 3. The normalized spacial score (nSPS) is 51.7. The van der Waals surface area contributed by atoms with E-state index in [0.29, 0.717) is 11.8 Å². The number of carbonyl (C=O) groups is 3. The van der Waals surface area contributed by atoms with E-state index in [1.54, 1.807) is 0 Å². The quantitative estimate of drug-likeness (QED) is 0.269. The van der Waals surface area contributed by atoms with E-state index in [4.69, 9.17) is 14.2 Å². The molecule has 1 spiro atoms. The van der Waals surface area contributed by atoms with Gasteiger partial charge in [0.2, 0.25) is 0 Å². The molecule has 5 aliphatic carbocycles. The Labute approximate surface area is 241 Å². The fourth-order valence-electron chi connectivity index (χ4n) is 12.5. The summed E-state index contributed by atoms with van der Waals surface area (Å²) in [7, 11) is 0. The number of hydrogen-bond donors (Lipinski definition) is 0. The molecule has 1 heterocycles. The number of fused-ring (bicyclic) bond motifs is 4. The van der Waals surface area contributed by atoms with Crippen molar-refractivity contribution in [1.29, 1.82) is 0 Å². The highest BCUT2D eigenvalue weighted by Gasteiger charge is 2.84. The zero-order valence-electron chi connectivity index (χ0n) is 26.4. The summed E-state index contributed by atoms with van der Waals surface area (Å²) >= 11 is 0. The van der Waals surface area contributed by atoms with E-state index in [9.17, 15) is 14.4 Å². The van der Waals surface area contributed by atoms with Gasteiger partial charge in [0.15, 0.2) is 5.60 Å². The SMILES string of the molecule is CC(=O)O[C@H]1CC[C@]2(C)[C@H]3C[C@H](OC(C)=O)[C@]45OC(=O)[C@@]6(CCC(C)(C)C[C@H]64)CC[C@@]5(C)[C@]3(C)CC[C@H]2C1(C)C. The Morgan fingerprint density at radius 2 is 1.38 bits per heavy atom. The topological polar surface area (TPSA) is 78.9 Å². The predicted molar refractivity (Wildman–Crippen MR) is 151 cm³/mol. The largest absolute Gasteiger partial charge is 0.462 e. The molecule has 1 saturated heterocycles. The second-order valence-electron chi connectivity index (χ2n) is 17.0. The second kappa shape index (κ2) is 8.28. The third-order valence-corrected chi connectivity index (χ3v) is 14.6. The van der Waals surface area contributed by atoms with Crippen LogP contribution in [0.4, 0.5) is 0 Å². The van der Waals surface area contributed by atoms with Crippen molar-refractivity contribution in [3.05, 3.63) is 0 Å². The number of hydrogen-bond acceptors (Lipinski definition) is 6. The van der Waals surface area contributed by atoms with Crippen molar-refractivity contribution >= 4 is 17.9 Å². The van der Waals surface area contributed by atoms with Crippen LogP contribution in [-0.2, 0) is 28.6 Å². The minimum atomic E-state index is -0.787. The first-order chi connectivity index (χ1) is 18.4. The fourth-order valence-corrected chi connectivity index (χ4v) is 12.5. The molecular weight excluding hydrogens is 504 g/mol. The summed E-state index contributed by atoms with van der Waals surface area (Å²) < 4.78 is 19.1. The molecule has 224 valence electrons. The summed E-state index contributed by atoms with van der Waals surface area (Å²) in [6, 6.07) is 0. The smallest absolute Gasteiger partial charge is 0.313 e. The molecule has 6 fully saturated rings. The number of carbonyl (C=O) groups excluding carboxylic acids is 3. The highest BCUT2D eigenvalue weighted by molar-refractivity contribution is 5.82. The first-order valence-electron chi connectivity index (χ1n) is 16.0. The lowest BCUT2D eigenvalue weighted by molar-refractivity contribution is -0.318. The molecule has 6 heteroatoms. The lowest BCUT2D eigenvalue weighted by atomic mass is 9.30. The minimum absolute atomic E-state index is 0.000841. The Hall–Kier alpha value is -1.59. The summed E-state index contributed by atoms with van der Waals surface area (Å²) in [6.07, 6.45) is 8.78. The summed E-state index contributed by atoms with van der Waals surface area (Å²) in [5.41, 5.74) is -1.64. The van der Waals surface area contributed by atoms with E-state index in [1.165, 1.54) is 13.8 Å². The predicted octanol–water partition coefficient (Wildman–Crippen LogP) is 7.02. The van der Waals surface area contributed by atoms with Crippen molar-refractivity contribution in [3.63, 3.8) is 0 Å². The summed E-state index contributed by atoms with van der Waals surface area (Å²) in [5, 5.41) is 0. The maximum absolute atomic E-state index is 14.0. The molecule has 5 saturated carbocycles. The average Bonchev–Trinajstić information content (AvgIpc) is 3.01. The monoisotopic (exact) mass is 556 g/mol. The number of rotatable bonds is 2. The van der Waals surface area contributed by atoms with E-state index < -0.39 is 17.1 Å². The van der Waals surface area contributed by atoms with Crippen LogP contribution in [0.5, 0.6) is 0 Å². The van der Waals surface area contributed by atoms with Crippen LogP contribution in [0.2, 0.25) is 0 Å². The Morgan fingerprint density at radius 3 is 2.02 bits per heavy atom. The molecule has 10 atom stereocenters. The molecule has 6 rings (SSSR count). The standard InChI is InChI=1S/C34H52O6/c1-20(35)38-25-11-12-30(7)22(29(25,5)6)10-13-31(8)23(30)18-26(39-21(2)36)34-24-19-28(3,4)14-16-33(24,27(37)40-34)17-15-32(31,34)9/h22-26H,10-19H2,1-9H3/t22-,23+,24+,25-,26-,30-,31+,32-,33-,34+/m0/s1. The van der Waals surface area contributed by atoms with Gasteiger partial charge in [-0.1, -0.05) is 48.5 Å². The molecule has 0 aromatic carbocycles. The molecule has 40 heavy (non-hydrogen) atoms. The van der Waals surface area contributed by atoms with Gasteiger partial charge >= 0.3 is 17.9 Å². The van der Waals surface area contributed by atoms with E-state index in [0.717, 1.165) is 64.2 Å². The summed E-state index contributed by atoms with van der Waals surface area (Å²) in [4.78, 5) is 38.8. The molecule has 0 aromatic rings. The van der Waals surface area contributed by atoms with Crippen LogP contribution in [0.1, 0.15) is 127 Å². The molecule has 6 aliphatic rings. The lowest BCUT2D eigenvalue weighted by Crippen LogP contribution is -2.76.